The first-order valence-electron chi connectivity index (χ1n) is 7.31. The van der Waals surface area contributed by atoms with Crippen LogP contribution in [0.2, 0.25) is 0 Å². The fraction of sp³-hybridized carbons (Fsp3) is 0.375. The third-order valence-electron chi connectivity index (χ3n) is 2.97. The van der Waals surface area contributed by atoms with Crippen LogP contribution in [0.5, 0.6) is 5.75 Å². The third-order valence-corrected chi connectivity index (χ3v) is 3.79. The van der Waals surface area contributed by atoms with Gasteiger partial charge in [-0.1, -0.05) is 18.2 Å². The van der Waals surface area contributed by atoms with E-state index in [1.807, 2.05) is 37.3 Å². The summed E-state index contributed by atoms with van der Waals surface area (Å²) in [5.41, 5.74) is 1.12. The van der Waals surface area contributed by atoms with Gasteiger partial charge < -0.3 is 15.4 Å². The van der Waals surface area contributed by atoms with Crippen molar-refractivity contribution < 1.29 is 4.74 Å². The number of ether oxygens (including phenoxy) is 1. The first-order chi connectivity index (χ1) is 10.8. The maximum absolute atomic E-state index is 5.62. The van der Waals surface area contributed by atoms with Gasteiger partial charge in [-0.05, 0) is 19.1 Å². The van der Waals surface area contributed by atoms with E-state index in [1.54, 1.807) is 18.4 Å². The van der Waals surface area contributed by atoms with Gasteiger partial charge in [0.15, 0.2) is 5.96 Å². The molecule has 1 aromatic heterocycles. The van der Waals surface area contributed by atoms with Gasteiger partial charge in [0.2, 0.25) is 0 Å². The van der Waals surface area contributed by atoms with E-state index in [1.165, 1.54) is 0 Å². The maximum Gasteiger partial charge on any atom is 0.191 e. The monoisotopic (exact) mass is 318 g/mol. The van der Waals surface area contributed by atoms with Gasteiger partial charge in [-0.25, -0.2) is 4.98 Å². The van der Waals surface area contributed by atoms with Crippen LogP contribution in [0.3, 0.4) is 0 Å². The van der Waals surface area contributed by atoms with Crippen LogP contribution in [0, 0.1) is 6.92 Å². The van der Waals surface area contributed by atoms with Crippen molar-refractivity contribution in [2.45, 2.75) is 13.3 Å². The number of hydrogen-bond donors (Lipinski definition) is 2. The zero-order valence-electron chi connectivity index (χ0n) is 13.0. The lowest BCUT2D eigenvalue weighted by atomic mass is 10.3. The van der Waals surface area contributed by atoms with E-state index < -0.39 is 0 Å². The van der Waals surface area contributed by atoms with Gasteiger partial charge in [-0.15, -0.1) is 11.3 Å². The molecule has 1 aromatic carbocycles. The average Bonchev–Trinajstić information content (AvgIpc) is 2.96. The molecule has 0 amide bonds. The Morgan fingerprint density at radius 2 is 2.00 bits per heavy atom. The summed E-state index contributed by atoms with van der Waals surface area (Å²) in [5.74, 6) is 1.66. The van der Waals surface area contributed by atoms with Crippen molar-refractivity contribution in [3.8, 4) is 5.75 Å². The molecule has 0 aliphatic rings. The summed E-state index contributed by atoms with van der Waals surface area (Å²) in [4.78, 5) is 8.63. The summed E-state index contributed by atoms with van der Waals surface area (Å²) in [6.07, 6.45) is 0.894. The molecule has 118 valence electrons. The van der Waals surface area contributed by atoms with Crippen molar-refractivity contribution in [3.05, 3.63) is 46.4 Å². The fourth-order valence-electron chi connectivity index (χ4n) is 1.91. The molecule has 0 saturated heterocycles. The second kappa shape index (κ2) is 9.04. The predicted molar refractivity (Wildman–Crippen MR) is 91.9 cm³/mol. The van der Waals surface area contributed by atoms with Crippen molar-refractivity contribution in [2.24, 2.45) is 4.99 Å². The second-order valence-electron chi connectivity index (χ2n) is 4.70. The van der Waals surface area contributed by atoms with Crippen LogP contribution in [-0.4, -0.2) is 37.7 Å². The minimum Gasteiger partial charge on any atom is -0.492 e. The number of nitrogens with one attached hydrogen (secondary N) is 2. The highest BCUT2D eigenvalue weighted by atomic mass is 32.1. The van der Waals surface area contributed by atoms with Crippen molar-refractivity contribution in [3.63, 3.8) is 0 Å². The summed E-state index contributed by atoms with van der Waals surface area (Å²) in [6, 6.07) is 9.79. The normalized spacial score (nSPS) is 11.3. The molecule has 2 N–H and O–H groups in total. The number of aryl methyl sites for hydroxylation is 1. The quantitative estimate of drug-likeness (QED) is 0.467. The first-order valence-corrected chi connectivity index (χ1v) is 8.19. The number of para-hydroxylation sites is 1. The summed E-state index contributed by atoms with van der Waals surface area (Å²) < 4.78 is 5.62. The smallest absolute Gasteiger partial charge is 0.191 e. The molecule has 0 bridgehead atoms. The van der Waals surface area contributed by atoms with Crippen molar-refractivity contribution >= 4 is 17.3 Å². The Morgan fingerprint density at radius 1 is 1.23 bits per heavy atom. The van der Waals surface area contributed by atoms with Crippen molar-refractivity contribution in [1.29, 1.82) is 0 Å². The van der Waals surface area contributed by atoms with E-state index in [9.17, 15) is 0 Å². The van der Waals surface area contributed by atoms with Crippen molar-refractivity contribution in [1.82, 2.24) is 15.6 Å². The molecular weight excluding hydrogens is 296 g/mol. The highest BCUT2D eigenvalue weighted by Gasteiger charge is 2.00. The Labute approximate surface area is 135 Å². The molecule has 5 nitrogen and oxygen atoms in total. The standard InChI is InChI=1S/C16H22N4OS/c1-13-20-14(12-22-13)8-9-18-16(17-2)19-10-11-21-15-6-4-3-5-7-15/h3-7,12H,8-11H2,1-2H3,(H2,17,18,19). The molecular formula is C16H22N4OS. The largest absolute Gasteiger partial charge is 0.492 e. The van der Waals surface area contributed by atoms with E-state index >= 15 is 0 Å². The van der Waals surface area contributed by atoms with Crippen LogP contribution in [0.4, 0.5) is 0 Å². The molecule has 0 aliphatic carbocycles. The number of guanidine groups is 1. The molecule has 0 fully saturated rings. The van der Waals surface area contributed by atoms with E-state index in [-0.39, 0.29) is 0 Å². The van der Waals surface area contributed by atoms with Gasteiger partial charge >= 0.3 is 0 Å². The minimum absolute atomic E-state index is 0.593. The van der Waals surface area contributed by atoms with E-state index in [4.69, 9.17) is 4.74 Å². The molecule has 0 unspecified atom stereocenters. The van der Waals surface area contributed by atoms with E-state index in [2.05, 4.69) is 26.0 Å². The van der Waals surface area contributed by atoms with Gasteiger partial charge in [-0.3, -0.25) is 4.99 Å². The number of rotatable bonds is 7. The SMILES string of the molecule is CN=C(NCCOc1ccccc1)NCCc1csc(C)n1. The Hall–Kier alpha value is -2.08. The molecule has 0 spiro atoms. The van der Waals surface area contributed by atoms with Gasteiger partial charge in [0.25, 0.3) is 0 Å². The average molecular weight is 318 g/mol. The number of aliphatic imine (C=N–C) groups is 1. The molecule has 0 saturated carbocycles. The Balaban J connectivity index is 1.61. The van der Waals surface area contributed by atoms with E-state index in [0.29, 0.717) is 13.2 Å². The Morgan fingerprint density at radius 3 is 2.68 bits per heavy atom. The lowest BCUT2D eigenvalue weighted by Crippen LogP contribution is -2.40. The molecule has 0 radical (unpaired) electrons. The number of thiazole rings is 1. The van der Waals surface area contributed by atoms with Crippen LogP contribution >= 0.6 is 11.3 Å². The molecule has 2 aromatic rings. The molecule has 1 heterocycles. The zero-order chi connectivity index (χ0) is 15.6. The minimum atomic E-state index is 0.593. The van der Waals surface area contributed by atoms with E-state index in [0.717, 1.165) is 35.4 Å². The van der Waals surface area contributed by atoms with Crippen molar-refractivity contribution in [2.75, 3.05) is 26.7 Å². The highest BCUT2D eigenvalue weighted by Crippen LogP contribution is 2.08. The summed E-state index contributed by atoms with van der Waals surface area (Å²) in [5, 5.41) is 9.71. The second-order valence-corrected chi connectivity index (χ2v) is 5.76. The van der Waals surface area contributed by atoms with Crippen LogP contribution in [0.1, 0.15) is 10.7 Å². The lowest BCUT2D eigenvalue weighted by molar-refractivity contribution is 0.322. The van der Waals surface area contributed by atoms with Crippen LogP contribution < -0.4 is 15.4 Å². The summed E-state index contributed by atoms with van der Waals surface area (Å²) >= 11 is 1.68. The number of hydrogen-bond acceptors (Lipinski definition) is 4. The lowest BCUT2D eigenvalue weighted by Gasteiger charge is -2.12. The van der Waals surface area contributed by atoms with Gasteiger partial charge in [0.05, 0.1) is 17.2 Å². The number of nitrogens with zero attached hydrogens (tertiary/aromatic N) is 2. The third kappa shape index (κ3) is 5.73. The summed E-state index contributed by atoms with van der Waals surface area (Å²) in [6.45, 7) is 4.12. The molecule has 0 aliphatic heterocycles. The number of benzene rings is 1. The van der Waals surface area contributed by atoms with Crippen LogP contribution in [-0.2, 0) is 6.42 Å². The zero-order valence-corrected chi connectivity index (χ0v) is 13.8. The Bertz CT molecular complexity index is 583. The maximum atomic E-state index is 5.62. The molecule has 2 rings (SSSR count). The summed E-state index contributed by atoms with van der Waals surface area (Å²) in [7, 11) is 1.76. The molecule has 22 heavy (non-hydrogen) atoms. The van der Waals surface area contributed by atoms with Gasteiger partial charge in [-0.2, -0.15) is 0 Å². The van der Waals surface area contributed by atoms with Gasteiger partial charge in [0.1, 0.15) is 12.4 Å². The Kier molecular flexibility index (Phi) is 6.70. The van der Waals surface area contributed by atoms with Crippen LogP contribution in [0.15, 0.2) is 40.7 Å². The molecule has 6 heteroatoms. The number of aromatic nitrogens is 1. The fourth-order valence-corrected chi connectivity index (χ4v) is 2.55. The van der Waals surface area contributed by atoms with Crippen LogP contribution in [0.25, 0.3) is 0 Å². The highest BCUT2D eigenvalue weighted by molar-refractivity contribution is 7.09. The predicted octanol–water partition coefficient (Wildman–Crippen LogP) is 2.24. The van der Waals surface area contributed by atoms with Gasteiger partial charge in [0, 0.05) is 25.4 Å². The first kappa shape index (κ1) is 16.3. The topological polar surface area (TPSA) is 58.5 Å². The molecule has 0 atom stereocenters.